The van der Waals surface area contributed by atoms with Crippen molar-refractivity contribution in [2.45, 2.75) is 69.0 Å². The smallest absolute Gasteiger partial charge is 0.264 e. The van der Waals surface area contributed by atoms with Crippen molar-refractivity contribution in [1.29, 1.82) is 0 Å². The van der Waals surface area contributed by atoms with E-state index in [4.69, 9.17) is 46.4 Å². The van der Waals surface area contributed by atoms with Crippen molar-refractivity contribution in [3.63, 3.8) is 0 Å². The van der Waals surface area contributed by atoms with Crippen LogP contribution in [0.25, 0.3) is 0 Å². The van der Waals surface area contributed by atoms with Crippen LogP contribution in [0.5, 0.6) is 0 Å². The normalized spacial score (nSPS) is 14.6. The molecule has 2 amide bonds. The van der Waals surface area contributed by atoms with Gasteiger partial charge in [-0.15, -0.1) is 0 Å². The highest BCUT2D eigenvalue weighted by Gasteiger charge is 2.35. The monoisotopic (exact) mass is 683 g/mol. The lowest BCUT2D eigenvalue weighted by Gasteiger charge is -2.34. The summed E-state index contributed by atoms with van der Waals surface area (Å²) >= 11 is 25.2. The standard InChI is InChI=1S/C31H33Cl4N3O4S/c1-2-27(31(40)36-22-10-5-3-6-11-22)37(19-21-16-17-24(32)26(34)18-21)29(39)20-38(28-15-9-14-25(33)30(28)35)43(41,42)23-12-7-4-8-13-23/h4,7-9,12-18,22,27H,2-3,5-6,10-11,19-20H2,1H3,(H,36,40)/t27-/m1/s1. The number of benzene rings is 3. The number of sulfonamides is 1. The third kappa shape index (κ3) is 8.17. The summed E-state index contributed by atoms with van der Waals surface area (Å²) in [6.07, 6.45) is 5.23. The molecule has 230 valence electrons. The second-order valence-electron chi connectivity index (χ2n) is 10.4. The molecule has 7 nitrogen and oxygen atoms in total. The Bertz CT molecular complexity index is 1550. The molecule has 12 heteroatoms. The minimum atomic E-state index is -4.28. The lowest BCUT2D eigenvalue weighted by molar-refractivity contribution is -0.140. The van der Waals surface area contributed by atoms with Crippen LogP contribution in [0.1, 0.15) is 51.0 Å². The number of hydrogen-bond donors (Lipinski definition) is 1. The van der Waals surface area contributed by atoms with Gasteiger partial charge in [-0.25, -0.2) is 8.42 Å². The van der Waals surface area contributed by atoms with Gasteiger partial charge in [0.05, 0.1) is 30.7 Å². The first-order valence-electron chi connectivity index (χ1n) is 14.1. The molecule has 0 bridgehead atoms. The van der Waals surface area contributed by atoms with E-state index in [2.05, 4.69) is 5.32 Å². The maximum atomic E-state index is 14.3. The summed E-state index contributed by atoms with van der Waals surface area (Å²) in [5, 5.41) is 3.88. The summed E-state index contributed by atoms with van der Waals surface area (Å²) in [5.41, 5.74) is 0.672. The Morgan fingerprint density at radius 2 is 1.58 bits per heavy atom. The van der Waals surface area contributed by atoms with E-state index in [1.54, 1.807) is 42.5 Å². The topological polar surface area (TPSA) is 86.8 Å². The molecular formula is C31H33Cl4N3O4S. The number of rotatable bonds is 11. The number of nitrogens with zero attached hydrogens (tertiary/aromatic N) is 2. The highest BCUT2D eigenvalue weighted by Crippen LogP contribution is 2.36. The Morgan fingerprint density at radius 3 is 2.23 bits per heavy atom. The van der Waals surface area contributed by atoms with E-state index < -0.39 is 28.5 Å². The molecule has 4 rings (SSSR count). The number of nitrogens with one attached hydrogen (secondary N) is 1. The molecule has 3 aromatic carbocycles. The zero-order chi connectivity index (χ0) is 31.1. The average molecular weight is 686 g/mol. The summed E-state index contributed by atoms with van der Waals surface area (Å²) in [6.45, 7) is 1.17. The predicted molar refractivity (Wildman–Crippen MR) is 174 cm³/mol. The molecule has 1 saturated carbocycles. The summed E-state index contributed by atoms with van der Waals surface area (Å²) in [5.74, 6) is -0.895. The molecular weight excluding hydrogens is 652 g/mol. The molecule has 0 saturated heterocycles. The van der Waals surface area contributed by atoms with Crippen molar-refractivity contribution in [2.75, 3.05) is 10.8 Å². The fourth-order valence-corrected chi connectivity index (χ4v) is 7.43. The van der Waals surface area contributed by atoms with Crippen LogP contribution in [0.2, 0.25) is 20.1 Å². The quantitative estimate of drug-likeness (QED) is 0.224. The molecule has 0 aromatic heterocycles. The van der Waals surface area contributed by atoms with E-state index in [1.165, 1.54) is 29.2 Å². The zero-order valence-corrected chi connectivity index (χ0v) is 27.5. The Kier molecular flexibility index (Phi) is 11.6. The molecule has 0 radical (unpaired) electrons. The van der Waals surface area contributed by atoms with Gasteiger partial charge >= 0.3 is 0 Å². The van der Waals surface area contributed by atoms with Crippen LogP contribution in [0.4, 0.5) is 5.69 Å². The maximum absolute atomic E-state index is 14.3. The fraction of sp³-hybridized carbons (Fsp3) is 0.355. The predicted octanol–water partition coefficient (Wildman–Crippen LogP) is 7.75. The molecule has 0 heterocycles. The molecule has 1 aliphatic carbocycles. The Hall–Kier alpha value is -2.49. The van der Waals surface area contributed by atoms with Gasteiger partial charge in [0.1, 0.15) is 12.6 Å². The van der Waals surface area contributed by atoms with Crippen molar-refractivity contribution in [1.82, 2.24) is 10.2 Å². The lowest BCUT2D eigenvalue weighted by atomic mass is 9.95. The van der Waals surface area contributed by atoms with Crippen molar-refractivity contribution >= 4 is 73.9 Å². The molecule has 1 N–H and O–H groups in total. The Balaban J connectivity index is 1.74. The average Bonchev–Trinajstić information content (AvgIpc) is 3.00. The van der Waals surface area contributed by atoms with Crippen molar-refractivity contribution in [3.05, 3.63) is 92.4 Å². The van der Waals surface area contributed by atoms with E-state index in [9.17, 15) is 18.0 Å². The van der Waals surface area contributed by atoms with Crippen LogP contribution >= 0.6 is 46.4 Å². The Labute approximate surface area is 273 Å². The van der Waals surface area contributed by atoms with E-state index >= 15 is 0 Å². The van der Waals surface area contributed by atoms with Gasteiger partial charge in [0.25, 0.3) is 10.0 Å². The van der Waals surface area contributed by atoms with Gasteiger partial charge in [0.15, 0.2) is 0 Å². The highest BCUT2D eigenvalue weighted by atomic mass is 35.5. The van der Waals surface area contributed by atoms with Crippen LogP contribution in [-0.2, 0) is 26.2 Å². The van der Waals surface area contributed by atoms with Gasteiger partial charge in [-0.3, -0.25) is 13.9 Å². The van der Waals surface area contributed by atoms with Crippen molar-refractivity contribution in [3.8, 4) is 0 Å². The van der Waals surface area contributed by atoms with Gasteiger partial charge in [0.2, 0.25) is 11.8 Å². The number of amides is 2. The first-order chi connectivity index (χ1) is 20.5. The van der Waals surface area contributed by atoms with E-state index in [1.807, 2.05) is 6.92 Å². The number of hydrogen-bond acceptors (Lipinski definition) is 4. The third-order valence-corrected chi connectivity index (χ3v) is 10.8. The Morgan fingerprint density at radius 1 is 0.884 bits per heavy atom. The molecule has 0 unspecified atom stereocenters. The fourth-order valence-electron chi connectivity index (χ4n) is 5.22. The molecule has 0 aliphatic heterocycles. The summed E-state index contributed by atoms with van der Waals surface area (Å²) in [6, 6.07) is 16.4. The van der Waals surface area contributed by atoms with Gasteiger partial charge < -0.3 is 10.2 Å². The summed E-state index contributed by atoms with van der Waals surface area (Å²) in [7, 11) is -4.28. The van der Waals surface area contributed by atoms with Crippen LogP contribution in [0.3, 0.4) is 0 Å². The maximum Gasteiger partial charge on any atom is 0.264 e. The highest BCUT2D eigenvalue weighted by molar-refractivity contribution is 7.92. The molecule has 1 aliphatic rings. The zero-order valence-electron chi connectivity index (χ0n) is 23.6. The lowest BCUT2D eigenvalue weighted by Crippen LogP contribution is -2.54. The van der Waals surface area contributed by atoms with Crippen LogP contribution < -0.4 is 9.62 Å². The molecule has 1 atom stereocenters. The largest absolute Gasteiger partial charge is 0.352 e. The SMILES string of the molecule is CC[C@H](C(=O)NC1CCCCC1)N(Cc1ccc(Cl)c(Cl)c1)C(=O)CN(c1cccc(Cl)c1Cl)S(=O)(=O)c1ccccc1. The van der Waals surface area contributed by atoms with Gasteiger partial charge in [-0.2, -0.15) is 0 Å². The summed E-state index contributed by atoms with van der Waals surface area (Å²) < 4.78 is 28.9. The van der Waals surface area contributed by atoms with E-state index in [0.29, 0.717) is 22.0 Å². The minimum absolute atomic E-state index is 0.00514. The number of halogens is 4. The van der Waals surface area contributed by atoms with E-state index in [0.717, 1.165) is 36.4 Å². The molecule has 0 spiro atoms. The van der Waals surface area contributed by atoms with Crippen LogP contribution in [0, 0.1) is 0 Å². The van der Waals surface area contributed by atoms with Crippen molar-refractivity contribution < 1.29 is 18.0 Å². The van der Waals surface area contributed by atoms with E-state index in [-0.39, 0.29) is 39.1 Å². The second-order valence-corrected chi connectivity index (χ2v) is 13.9. The van der Waals surface area contributed by atoms with Crippen LogP contribution in [0.15, 0.2) is 71.6 Å². The van der Waals surface area contributed by atoms with Gasteiger partial charge in [-0.05, 0) is 61.2 Å². The second kappa shape index (κ2) is 15.0. The minimum Gasteiger partial charge on any atom is -0.352 e. The third-order valence-electron chi connectivity index (χ3n) is 7.48. The first kappa shape index (κ1) is 33.4. The van der Waals surface area contributed by atoms with Gasteiger partial charge in [0, 0.05) is 12.6 Å². The van der Waals surface area contributed by atoms with Crippen molar-refractivity contribution in [2.24, 2.45) is 0 Å². The summed E-state index contributed by atoms with van der Waals surface area (Å²) in [4.78, 5) is 29.3. The molecule has 43 heavy (non-hydrogen) atoms. The first-order valence-corrected chi connectivity index (χ1v) is 17.0. The number of anilines is 1. The molecule has 1 fully saturated rings. The van der Waals surface area contributed by atoms with Crippen LogP contribution in [-0.4, -0.2) is 43.8 Å². The number of carbonyl (C=O) groups excluding carboxylic acids is 2. The van der Waals surface area contributed by atoms with Gasteiger partial charge in [-0.1, -0.05) is 103 Å². The molecule has 3 aromatic rings. The number of carbonyl (C=O) groups is 2.